The van der Waals surface area contributed by atoms with Gasteiger partial charge in [0.15, 0.2) is 10.7 Å². The van der Waals surface area contributed by atoms with Gasteiger partial charge >= 0.3 is 12.1 Å². The molecule has 0 saturated heterocycles. The molecule has 2 aromatic heterocycles. The fourth-order valence-electron chi connectivity index (χ4n) is 1.44. The van der Waals surface area contributed by atoms with E-state index >= 15 is 0 Å². The van der Waals surface area contributed by atoms with Crippen molar-refractivity contribution in [1.29, 1.82) is 0 Å². The van der Waals surface area contributed by atoms with Gasteiger partial charge in [0.05, 0.1) is 0 Å². The molecule has 13 heteroatoms. The van der Waals surface area contributed by atoms with Crippen molar-refractivity contribution < 1.29 is 31.1 Å². The van der Waals surface area contributed by atoms with E-state index in [2.05, 4.69) is 15.3 Å². The first kappa shape index (κ1) is 17.3. The zero-order valence-electron chi connectivity index (χ0n) is 11.7. The Bertz CT molecular complexity index is 841. The van der Waals surface area contributed by atoms with Crippen molar-refractivity contribution in [3.8, 4) is 0 Å². The molecule has 0 N–H and O–H groups in total. The fraction of sp³-hybridized carbons (Fsp3) is 0.400. The molecule has 0 amide bonds. The summed E-state index contributed by atoms with van der Waals surface area (Å²) >= 11 is 0.701. The molecule has 0 saturated carbocycles. The van der Waals surface area contributed by atoms with Crippen LogP contribution in [0, 0.1) is 0 Å². The first-order valence-electron chi connectivity index (χ1n) is 5.79. The Balaban J connectivity index is 2.08. The minimum absolute atomic E-state index is 0.0944. The molecule has 0 atom stereocenters. The first-order chi connectivity index (χ1) is 10.5. The molecule has 0 aliphatic rings. The van der Waals surface area contributed by atoms with Crippen LogP contribution in [0.25, 0.3) is 0 Å². The number of sulfone groups is 1. The smallest absolute Gasteiger partial charge is 0.435 e. The number of carbonyl (C=O) groups is 1. The van der Waals surface area contributed by atoms with Gasteiger partial charge in [-0.05, 0) is 0 Å². The van der Waals surface area contributed by atoms with Gasteiger partial charge in [0.1, 0.15) is 12.3 Å². The topological polar surface area (TPSA) is 104 Å². The van der Waals surface area contributed by atoms with Gasteiger partial charge in [-0.25, -0.2) is 13.2 Å². The highest BCUT2D eigenvalue weighted by atomic mass is 32.2. The van der Waals surface area contributed by atoms with E-state index in [1.165, 1.54) is 7.05 Å². The van der Waals surface area contributed by atoms with Gasteiger partial charge in [-0.15, -0.1) is 10.2 Å². The lowest BCUT2D eigenvalue weighted by Crippen LogP contribution is -2.10. The van der Waals surface area contributed by atoms with Crippen molar-refractivity contribution in [2.45, 2.75) is 17.1 Å². The summed E-state index contributed by atoms with van der Waals surface area (Å²) in [6, 6.07) is 0.560. The molecule has 126 valence electrons. The van der Waals surface area contributed by atoms with Gasteiger partial charge in [0.25, 0.3) is 0 Å². The summed E-state index contributed by atoms with van der Waals surface area (Å²) in [5.74, 6) is -1.05. The highest BCUT2D eigenvalue weighted by molar-refractivity contribution is 7.92. The predicted molar refractivity (Wildman–Crippen MR) is 70.3 cm³/mol. The number of alkyl halides is 3. The maximum Gasteiger partial charge on any atom is 0.435 e. The maximum atomic E-state index is 12.5. The Hall–Kier alpha value is -2.02. The maximum absolute atomic E-state index is 12.5. The Morgan fingerprint density at radius 3 is 2.52 bits per heavy atom. The SMILES string of the molecule is Cn1nc(C(F)(F)F)cc1C(=O)OCc1nnc(S(C)(=O)=O)s1. The molecular weight excluding hydrogens is 361 g/mol. The third kappa shape index (κ3) is 4.04. The van der Waals surface area contributed by atoms with E-state index in [0.29, 0.717) is 17.4 Å². The third-order valence-electron chi connectivity index (χ3n) is 2.47. The number of hydrogen-bond acceptors (Lipinski definition) is 8. The minimum atomic E-state index is -4.68. The molecule has 2 heterocycles. The summed E-state index contributed by atoms with van der Waals surface area (Å²) < 4.78 is 65.3. The minimum Gasteiger partial charge on any atom is -0.453 e. The van der Waals surface area contributed by atoms with Crippen molar-refractivity contribution in [3.05, 3.63) is 22.5 Å². The van der Waals surface area contributed by atoms with Gasteiger partial charge in [-0.3, -0.25) is 4.68 Å². The van der Waals surface area contributed by atoms with Crippen LogP contribution in [0.2, 0.25) is 0 Å². The molecule has 0 aliphatic carbocycles. The second-order valence-electron chi connectivity index (χ2n) is 4.35. The van der Waals surface area contributed by atoms with Crippen LogP contribution in [0.5, 0.6) is 0 Å². The number of carbonyl (C=O) groups excluding carboxylic acids is 1. The number of esters is 1. The average molecular weight is 370 g/mol. The summed E-state index contributed by atoms with van der Waals surface area (Å²) in [4.78, 5) is 11.8. The van der Waals surface area contributed by atoms with Crippen LogP contribution in [-0.4, -0.2) is 40.6 Å². The quantitative estimate of drug-likeness (QED) is 0.741. The lowest BCUT2D eigenvalue weighted by atomic mass is 10.3. The van der Waals surface area contributed by atoms with Crippen LogP contribution >= 0.6 is 11.3 Å². The molecule has 0 radical (unpaired) electrons. The summed E-state index contributed by atoms with van der Waals surface area (Å²) in [6.45, 7) is -0.418. The normalized spacial score (nSPS) is 12.4. The van der Waals surface area contributed by atoms with Crippen LogP contribution in [0.4, 0.5) is 13.2 Å². The monoisotopic (exact) mass is 370 g/mol. The molecule has 2 aromatic rings. The van der Waals surface area contributed by atoms with Gasteiger partial charge in [0, 0.05) is 19.4 Å². The Kier molecular flexibility index (Phi) is 4.43. The number of nitrogens with zero attached hydrogens (tertiary/aromatic N) is 4. The molecule has 0 aromatic carbocycles. The number of hydrogen-bond donors (Lipinski definition) is 0. The van der Waals surface area contributed by atoms with E-state index in [1.807, 2.05) is 0 Å². The lowest BCUT2D eigenvalue weighted by Gasteiger charge is -2.01. The fourth-order valence-corrected chi connectivity index (χ4v) is 3.01. The van der Waals surface area contributed by atoms with Crippen LogP contribution in [0.15, 0.2) is 10.4 Å². The number of rotatable bonds is 4. The van der Waals surface area contributed by atoms with Crippen molar-refractivity contribution in [1.82, 2.24) is 20.0 Å². The zero-order valence-corrected chi connectivity index (χ0v) is 13.3. The van der Waals surface area contributed by atoms with Gasteiger partial charge in [-0.2, -0.15) is 18.3 Å². The van der Waals surface area contributed by atoms with Gasteiger partial charge in [0.2, 0.25) is 14.2 Å². The highest BCUT2D eigenvalue weighted by Crippen LogP contribution is 2.28. The summed E-state index contributed by atoms with van der Waals surface area (Å²) in [7, 11) is -2.36. The van der Waals surface area contributed by atoms with Gasteiger partial charge in [-0.1, -0.05) is 11.3 Å². The van der Waals surface area contributed by atoms with Crippen molar-refractivity contribution in [2.75, 3.05) is 6.26 Å². The largest absolute Gasteiger partial charge is 0.453 e. The Morgan fingerprint density at radius 1 is 1.39 bits per heavy atom. The summed E-state index contributed by atoms with van der Waals surface area (Å²) in [5.41, 5.74) is -1.62. The van der Waals surface area contributed by atoms with Crippen LogP contribution in [0.3, 0.4) is 0 Å². The van der Waals surface area contributed by atoms with Gasteiger partial charge < -0.3 is 4.74 Å². The highest BCUT2D eigenvalue weighted by Gasteiger charge is 2.35. The van der Waals surface area contributed by atoms with Crippen molar-refractivity contribution in [2.24, 2.45) is 7.05 Å². The van der Waals surface area contributed by atoms with E-state index in [-0.39, 0.29) is 9.35 Å². The first-order valence-corrected chi connectivity index (χ1v) is 8.50. The molecule has 0 fully saturated rings. The number of halogens is 3. The number of aromatic nitrogens is 4. The predicted octanol–water partition coefficient (Wildman–Crippen LogP) is 1.05. The molecule has 8 nitrogen and oxygen atoms in total. The van der Waals surface area contributed by atoms with Crippen LogP contribution in [-0.2, 0) is 34.4 Å². The van der Waals surface area contributed by atoms with Crippen LogP contribution in [0.1, 0.15) is 21.2 Å². The Labute approximate surface area is 131 Å². The molecule has 0 unspecified atom stereocenters. The molecule has 0 bridgehead atoms. The second-order valence-corrected chi connectivity index (χ2v) is 7.60. The number of aryl methyl sites for hydroxylation is 1. The molecule has 0 spiro atoms. The third-order valence-corrected chi connectivity index (χ3v) is 5.04. The zero-order chi connectivity index (χ0) is 17.4. The van der Waals surface area contributed by atoms with Crippen LogP contribution < -0.4 is 0 Å². The Morgan fingerprint density at radius 2 is 2.04 bits per heavy atom. The van der Waals surface area contributed by atoms with E-state index in [9.17, 15) is 26.4 Å². The molecular formula is C10H9F3N4O4S2. The summed E-state index contributed by atoms with van der Waals surface area (Å²) in [6.07, 6.45) is -3.74. The summed E-state index contributed by atoms with van der Waals surface area (Å²) in [5, 5.41) is 10.2. The van der Waals surface area contributed by atoms with Crippen molar-refractivity contribution in [3.63, 3.8) is 0 Å². The molecule has 0 aliphatic heterocycles. The molecule has 23 heavy (non-hydrogen) atoms. The van der Waals surface area contributed by atoms with E-state index in [0.717, 1.165) is 10.9 Å². The van der Waals surface area contributed by atoms with E-state index in [1.54, 1.807) is 0 Å². The van der Waals surface area contributed by atoms with E-state index in [4.69, 9.17) is 4.74 Å². The second kappa shape index (κ2) is 5.88. The number of ether oxygens (including phenoxy) is 1. The standard InChI is InChI=1S/C10H9F3N4O4S2/c1-17-5(3-6(16-17)10(11,12)13)8(18)21-4-7-14-15-9(22-7)23(2,19)20/h3H,4H2,1-2H3. The van der Waals surface area contributed by atoms with Crippen molar-refractivity contribution >= 4 is 27.1 Å². The molecule has 2 rings (SSSR count). The average Bonchev–Trinajstić information content (AvgIpc) is 3.01. The van der Waals surface area contributed by atoms with E-state index < -0.39 is 40.0 Å². The lowest BCUT2D eigenvalue weighted by molar-refractivity contribution is -0.141.